The molecule has 2 aromatic rings. The molecule has 0 radical (unpaired) electrons. The van der Waals surface area contributed by atoms with Gasteiger partial charge in [-0.2, -0.15) is 0 Å². The first kappa shape index (κ1) is 27.6. The third-order valence-corrected chi connectivity index (χ3v) is 8.29. The van der Waals surface area contributed by atoms with E-state index in [1.54, 1.807) is 26.4 Å². The highest BCUT2D eigenvalue weighted by Crippen LogP contribution is 2.47. The smallest absolute Gasteiger partial charge is 0.337 e. The molecule has 8 nitrogen and oxygen atoms in total. The van der Waals surface area contributed by atoms with Gasteiger partial charge in [0, 0.05) is 29.3 Å². The van der Waals surface area contributed by atoms with Crippen LogP contribution in [-0.2, 0) is 14.3 Å². The normalized spacial score (nSPS) is 21.4. The number of nitrogens with one attached hydrogen (secondary N) is 1. The second-order valence-corrected chi connectivity index (χ2v) is 10.7. The molecule has 2 aromatic carbocycles. The third kappa shape index (κ3) is 5.27. The lowest BCUT2D eigenvalue weighted by molar-refractivity contribution is -0.146. The SMILES string of the molecule is COc1cc([C@H]2C(C(=O)OC3CCCCC3)=C(C)NC3=C2C(=O)C[C@@H](c2ccc(OC)c(OC)c2)C3)ccc1O. The van der Waals surface area contributed by atoms with Crippen molar-refractivity contribution < 1.29 is 33.6 Å². The molecule has 8 heteroatoms. The van der Waals surface area contributed by atoms with Crippen molar-refractivity contribution in [2.24, 2.45) is 0 Å². The molecule has 1 saturated carbocycles. The zero-order valence-electron chi connectivity index (χ0n) is 23.5. The van der Waals surface area contributed by atoms with E-state index in [0.717, 1.165) is 43.4 Å². The number of dihydropyridines is 1. The van der Waals surface area contributed by atoms with Crippen molar-refractivity contribution in [3.63, 3.8) is 0 Å². The summed E-state index contributed by atoms with van der Waals surface area (Å²) in [4.78, 5) is 27.7. The summed E-state index contributed by atoms with van der Waals surface area (Å²) in [5.74, 6) is 0.355. The summed E-state index contributed by atoms with van der Waals surface area (Å²) in [6.45, 7) is 1.86. The van der Waals surface area contributed by atoms with Gasteiger partial charge in [0.25, 0.3) is 0 Å². The number of methoxy groups -OCH3 is 3. The number of hydrogen-bond acceptors (Lipinski definition) is 8. The highest BCUT2D eigenvalue weighted by Gasteiger charge is 2.42. The molecule has 3 aliphatic rings. The van der Waals surface area contributed by atoms with Gasteiger partial charge in [-0.05, 0) is 80.3 Å². The van der Waals surface area contributed by atoms with Gasteiger partial charge in [-0.3, -0.25) is 4.79 Å². The summed E-state index contributed by atoms with van der Waals surface area (Å²) >= 11 is 0. The maximum Gasteiger partial charge on any atom is 0.337 e. The summed E-state index contributed by atoms with van der Waals surface area (Å²) in [5, 5.41) is 13.7. The minimum atomic E-state index is -0.638. The van der Waals surface area contributed by atoms with E-state index >= 15 is 0 Å². The van der Waals surface area contributed by atoms with E-state index in [-0.39, 0.29) is 35.7 Å². The van der Waals surface area contributed by atoms with Crippen molar-refractivity contribution >= 4 is 11.8 Å². The summed E-state index contributed by atoms with van der Waals surface area (Å²) in [6.07, 6.45) is 5.68. The van der Waals surface area contributed by atoms with Crippen LogP contribution in [0.25, 0.3) is 0 Å². The number of phenols is 1. The van der Waals surface area contributed by atoms with Gasteiger partial charge in [0.15, 0.2) is 28.8 Å². The molecule has 212 valence electrons. The van der Waals surface area contributed by atoms with Crippen LogP contribution in [0.3, 0.4) is 0 Å². The van der Waals surface area contributed by atoms with E-state index in [1.165, 1.54) is 13.2 Å². The number of Topliss-reactive ketones (excluding diaryl/α,β-unsaturated/α-hetero) is 1. The van der Waals surface area contributed by atoms with Crippen molar-refractivity contribution in [3.8, 4) is 23.0 Å². The number of aromatic hydroxyl groups is 1. The number of ketones is 1. The number of rotatable bonds is 7. The van der Waals surface area contributed by atoms with Crippen LogP contribution >= 0.6 is 0 Å². The molecular formula is C32H37NO7. The Morgan fingerprint density at radius 1 is 0.875 bits per heavy atom. The van der Waals surface area contributed by atoms with E-state index in [0.29, 0.717) is 40.3 Å². The first-order valence-corrected chi connectivity index (χ1v) is 13.9. The van der Waals surface area contributed by atoms with Crippen LogP contribution in [0.15, 0.2) is 58.9 Å². The molecule has 40 heavy (non-hydrogen) atoms. The molecule has 0 aromatic heterocycles. The fourth-order valence-electron chi connectivity index (χ4n) is 6.26. The Kier molecular flexibility index (Phi) is 8.05. The number of carbonyl (C=O) groups is 2. The van der Waals surface area contributed by atoms with Gasteiger partial charge in [-0.15, -0.1) is 0 Å². The first-order valence-electron chi connectivity index (χ1n) is 13.9. The van der Waals surface area contributed by atoms with Crippen LogP contribution in [0.4, 0.5) is 0 Å². The molecule has 0 saturated heterocycles. The molecule has 0 spiro atoms. The lowest BCUT2D eigenvalue weighted by Crippen LogP contribution is -2.37. The van der Waals surface area contributed by atoms with Gasteiger partial charge in [0.05, 0.1) is 26.9 Å². The highest BCUT2D eigenvalue weighted by molar-refractivity contribution is 6.04. The topological polar surface area (TPSA) is 103 Å². The fraction of sp³-hybridized carbons (Fsp3) is 0.438. The molecule has 0 amide bonds. The average molecular weight is 548 g/mol. The maximum absolute atomic E-state index is 14.0. The lowest BCUT2D eigenvalue weighted by Gasteiger charge is -2.37. The quantitative estimate of drug-likeness (QED) is 0.429. The Labute approximate surface area is 235 Å². The second-order valence-electron chi connectivity index (χ2n) is 10.7. The number of esters is 1. The Bertz CT molecular complexity index is 1370. The van der Waals surface area contributed by atoms with Crippen molar-refractivity contribution in [2.75, 3.05) is 21.3 Å². The van der Waals surface area contributed by atoms with Crippen molar-refractivity contribution in [3.05, 3.63) is 70.1 Å². The van der Waals surface area contributed by atoms with Crippen molar-refractivity contribution in [1.29, 1.82) is 0 Å². The Hall–Kier alpha value is -3.94. The minimum Gasteiger partial charge on any atom is -0.504 e. The fourth-order valence-corrected chi connectivity index (χ4v) is 6.26. The second kappa shape index (κ2) is 11.7. The zero-order valence-corrected chi connectivity index (χ0v) is 23.5. The maximum atomic E-state index is 14.0. The molecule has 2 atom stereocenters. The summed E-state index contributed by atoms with van der Waals surface area (Å²) in [5.41, 5.74) is 4.11. The molecule has 1 heterocycles. The average Bonchev–Trinajstić information content (AvgIpc) is 2.96. The monoisotopic (exact) mass is 547 g/mol. The Morgan fingerprint density at radius 3 is 2.25 bits per heavy atom. The van der Waals surface area contributed by atoms with Crippen LogP contribution < -0.4 is 19.5 Å². The van der Waals surface area contributed by atoms with Crippen molar-refractivity contribution in [2.45, 2.75) is 69.8 Å². The van der Waals surface area contributed by atoms with Crippen LogP contribution in [0.1, 0.15) is 74.8 Å². The van der Waals surface area contributed by atoms with E-state index in [2.05, 4.69) is 5.32 Å². The predicted molar refractivity (Wildman–Crippen MR) is 150 cm³/mol. The number of phenolic OH excluding ortho intramolecular Hbond substituents is 1. The molecule has 0 unspecified atom stereocenters. The molecular weight excluding hydrogens is 510 g/mol. The molecule has 1 fully saturated rings. The van der Waals surface area contributed by atoms with Crippen LogP contribution in [0.2, 0.25) is 0 Å². The number of ether oxygens (including phenoxy) is 4. The summed E-state index contributed by atoms with van der Waals surface area (Å²) in [7, 11) is 4.66. The van der Waals surface area contributed by atoms with Crippen LogP contribution in [0.5, 0.6) is 23.0 Å². The molecule has 5 rings (SSSR count). The first-order chi connectivity index (χ1) is 19.3. The lowest BCUT2D eigenvalue weighted by atomic mass is 9.71. The number of benzene rings is 2. The summed E-state index contributed by atoms with van der Waals surface area (Å²) in [6, 6.07) is 10.7. The number of allylic oxidation sites excluding steroid dienone is 3. The predicted octanol–water partition coefficient (Wildman–Crippen LogP) is 5.66. The van der Waals surface area contributed by atoms with Gasteiger partial charge < -0.3 is 29.4 Å². The standard InChI is InChI=1S/C32H37NO7/c1-18-29(32(36)40-22-8-6-5-7-9-22)30(20-10-12-24(34)27(17-20)38-3)31-23(33-18)14-21(15-25(31)35)19-11-13-26(37-2)28(16-19)39-4/h10-13,16-17,21-22,30,33-34H,5-9,14-15H2,1-4H3/t21-,30-/m0/s1. The van der Waals surface area contributed by atoms with Gasteiger partial charge in [-0.1, -0.05) is 18.6 Å². The minimum absolute atomic E-state index is 0.00934. The van der Waals surface area contributed by atoms with Gasteiger partial charge in [-0.25, -0.2) is 4.79 Å². The molecule has 0 bridgehead atoms. The molecule has 2 aliphatic carbocycles. The highest BCUT2D eigenvalue weighted by atomic mass is 16.5. The van der Waals surface area contributed by atoms with Gasteiger partial charge >= 0.3 is 5.97 Å². The Balaban J connectivity index is 1.54. The van der Waals surface area contributed by atoms with Crippen LogP contribution in [-0.4, -0.2) is 44.3 Å². The summed E-state index contributed by atoms with van der Waals surface area (Å²) < 4.78 is 22.3. The molecule has 1 aliphatic heterocycles. The van der Waals surface area contributed by atoms with E-state index in [1.807, 2.05) is 25.1 Å². The zero-order chi connectivity index (χ0) is 28.4. The van der Waals surface area contributed by atoms with Gasteiger partial charge in [0.1, 0.15) is 6.10 Å². The largest absolute Gasteiger partial charge is 0.504 e. The van der Waals surface area contributed by atoms with E-state index < -0.39 is 11.9 Å². The van der Waals surface area contributed by atoms with Crippen molar-refractivity contribution in [1.82, 2.24) is 5.32 Å². The Morgan fingerprint density at radius 2 is 1.55 bits per heavy atom. The third-order valence-electron chi connectivity index (χ3n) is 8.29. The van der Waals surface area contributed by atoms with E-state index in [9.17, 15) is 14.7 Å². The van der Waals surface area contributed by atoms with E-state index in [4.69, 9.17) is 18.9 Å². The van der Waals surface area contributed by atoms with Gasteiger partial charge in [0.2, 0.25) is 0 Å². The number of carbonyl (C=O) groups excluding carboxylic acids is 2. The van der Waals surface area contributed by atoms with Crippen LogP contribution in [0, 0.1) is 0 Å². The number of hydrogen-bond donors (Lipinski definition) is 2. The molecule has 2 N–H and O–H groups in total.